The van der Waals surface area contributed by atoms with E-state index in [0.29, 0.717) is 0 Å². The standard InChI is InChI=1S/C6H14N.BrH/c1-7(2,3)6-4-5-6;/h6H,4-5H2,1-3H3;1H/q+1;/p-1. The minimum absolute atomic E-state index is 0. The second-order valence-corrected chi connectivity index (χ2v) is 3.35. The molecule has 1 saturated carbocycles. The molecular formula is C6H14BrN. The molecule has 1 nitrogen and oxygen atoms in total. The van der Waals surface area contributed by atoms with E-state index in [1.54, 1.807) is 0 Å². The van der Waals surface area contributed by atoms with E-state index in [1.165, 1.54) is 17.3 Å². The summed E-state index contributed by atoms with van der Waals surface area (Å²) in [7, 11) is 6.78. The van der Waals surface area contributed by atoms with E-state index in [1.807, 2.05) is 0 Å². The SMILES string of the molecule is C[N+](C)(C)C1CC1.[Br-]. The lowest BCUT2D eigenvalue weighted by atomic mass is 10.5. The Bertz CT molecular complexity index is 71.1. The Morgan fingerprint density at radius 3 is 1.50 bits per heavy atom. The van der Waals surface area contributed by atoms with Gasteiger partial charge in [0.1, 0.15) is 0 Å². The van der Waals surface area contributed by atoms with Crippen molar-refractivity contribution in [2.24, 2.45) is 0 Å². The summed E-state index contributed by atoms with van der Waals surface area (Å²) in [6, 6.07) is 0.986. The van der Waals surface area contributed by atoms with Gasteiger partial charge in [-0.1, -0.05) is 0 Å². The summed E-state index contributed by atoms with van der Waals surface area (Å²) in [4.78, 5) is 0. The summed E-state index contributed by atoms with van der Waals surface area (Å²) < 4.78 is 1.17. The van der Waals surface area contributed by atoms with Crippen LogP contribution in [0.2, 0.25) is 0 Å². The van der Waals surface area contributed by atoms with Crippen molar-refractivity contribution in [1.29, 1.82) is 0 Å². The highest BCUT2D eigenvalue weighted by Crippen LogP contribution is 2.28. The number of rotatable bonds is 1. The highest BCUT2D eigenvalue weighted by molar-refractivity contribution is 4.72. The Kier molecular flexibility index (Phi) is 2.49. The molecule has 0 amide bonds. The van der Waals surface area contributed by atoms with Crippen LogP contribution in [0, 0.1) is 0 Å². The Balaban J connectivity index is 0.000000490. The van der Waals surface area contributed by atoms with E-state index < -0.39 is 0 Å². The maximum atomic E-state index is 2.26. The second-order valence-electron chi connectivity index (χ2n) is 3.35. The molecule has 0 spiro atoms. The van der Waals surface area contributed by atoms with Gasteiger partial charge in [-0.05, 0) is 0 Å². The minimum Gasteiger partial charge on any atom is -1.00 e. The molecule has 0 radical (unpaired) electrons. The van der Waals surface area contributed by atoms with Crippen LogP contribution in [0.15, 0.2) is 0 Å². The van der Waals surface area contributed by atoms with Crippen LogP contribution < -0.4 is 17.0 Å². The first-order valence-electron chi connectivity index (χ1n) is 2.92. The molecule has 0 atom stereocenters. The van der Waals surface area contributed by atoms with Crippen LogP contribution in [0.1, 0.15) is 12.8 Å². The highest BCUT2D eigenvalue weighted by atomic mass is 79.9. The Morgan fingerprint density at radius 1 is 1.12 bits per heavy atom. The van der Waals surface area contributed by atoms with E-state index in [0.717, 1.165) is 6.04 Å². The number of quaternary nitrogens is 1. The maximum Gasteiger partial charge on any atom is 0.0888 e. The van der Waals surface area contributed by atoms with Gasteiger partial charge in [0.2, 0.25) is 0 Å². The predicted octanol–water partition coefficient (Wildman–Crippen LogP) is -2.14. The number of nitrogens with zero attached hydrogens (tertiary/aromatic N) is 1. The first-order valence-corrected chi connectivity index (χ1v) is 2.92. The highest BCUT2D eigenvalue weighted by Gasteiger charge is 2.34. The smallest absolute Gasteiger partial charge is 0.0888 e. The van der Waals surface area contributed by atoms with Crippen molar-refractivity contribution in [2.75, 3.05) is 21.1 Å². The fraction of sp³-hybridized carbons (Fsp3) is 1.00. The number of hydrogen-bond acceptors (Lipinski definition) is 0. The molecule has 0 aromatic carbocycles. The van der Waals surface area contributed by atoms with Gasteiger partial charge in [0.05, 0.1) is 27.2 Å². The van der Waals surface area contributed by atoms with Gasteiger partial charge in [-0.2, -0.15) is 0 Å². The Hall–Kier alpha value is 0.440. The summed E-state index contributed by atoms with van der Waals surface area (Å²) in [6.07, 6.45) is 2.90. The van der Waals surface area contributed by atoms with Crippen molar-refractivity contribution >= 4 is 0 Å². The van der Waals surface area contributed by atoms with Crippen LogP contribution in [-0.4, -0.2) is 31.7 Å². The third-order valence-electron chi connectivity index (χ3n) is 1.64. The molecule has 0 unspecified atom stereocenters. The Morgan fingerprint density at radius 2 is 1.50 bits per heavy atom. The lowest BCUT2D eigenvalue weighted by Crippen LogP contribution is -3.00. The Labute approximate surface area is 62.0 Å². The lowest BCUT2D eigenvalue weighted by molar-refractivity contribution is -0.881. The molecule has 1 aliphatic rings. The fourth-order valence-corrected chi connectivity index (χ4v) is 0.849. The lowest BCUT2D eigenvalue weighted by Gasteiger charge is -2.22. The monoisotopic (exact) mass is 179 g/mol. The van der Waals surface area contributed by atoms with E-state index in [9.17, 15) is 0 Å². The third kappa shape index (κ3) is 2.14. The summed E-state index contributed by atoms with van der Waals surface area (Å²) in [5, 5.41) is 0. The molecule has 1 aliphatic carbocycles. The third-order valence-corrected chi connectivity index (χ3v) is 1.64. The summed E-state index contributed by atoms with van der Waals surface area (Å²) >= 11 is 0. The van der Waals surface area contributed by atoms with E-state index in [4.69, 9.17) is 0 Å². The molecule has 50 valence electrons. The summed E-state index contributed by atoms with van der Waals surface area (Å²) in [5.41, 5.74) is 0. The molecule has 1 rings (SSSR count). The zero-order valence-electron chi connectivity index (χ0n) is 5.82. The van der Waals surface area contributed by atoms with Gasteiger partial charge < -0.3 is 21.5 Å². The van der Waals surface area contributed by atoms with Crippen LogP contribution in [0.5, 0.6) is 0 Å². The average Bonchev–Trinajstić information content (AvgIpc) is 1.99. The molecule has 1 fully saturated rings. The van der Waals surface area contributed by atoms with Crippen molar-refractivity contribution < 1.29 is 21.5 Å². The average molecular weight is 180 g/mol. The largest absolute Gasteiger partial charge is 1.00 e. The summed E-state index contributed by atoms with van der Waals surface area (Å²) in [5.74, 6) is 0. The van der Waals surface area contributed by atoms with Crippen molar-refractivity contribution in [3.05, 3.63) is 0 Å². The van der Waals surface area contributed by atoms with Crippen molar-refractivity contribution in [2.45, 2.75) is 18.9 Å². The molecule has 0 aliphatic heterocycles. The van der Waals surface area contributed by atoms with Gasteiger partial charge in [-0.15, -0.1) is 0 Å². The first kappa shape index (κ1) is 8.44. The van der Waals surface area contributed by atoms with Crippen molar-refractivity contribution in [1.82, 2.24) is 0 Å². The van der Waals surface area contributed by atoms with Crippen LogP contribution in [0.4, 0.5) is 0 Å². The van der Waals surface area contributed by atoms with Crippen molar-refractivity contribution in [3.63, 3.8) is 0 Å². The topological polar surface area (TPSA) is 0 Å². The molecule has 0 aromatic rings. The van der Waals surface area contributed by atoms with Gasteiger partial charge in [-0.3, -0.25) is 0 Å². The van der Waals surface area contributed by atoms with Crippen LogP contribution >= 0.6 is 0 Å². The first-order chi connectivity index (χ1) is 3.11. The number of halogens is 1. The minimum atomic E-state index is 0. The molecular weight excluding hydrogens is 166 g/mol. The van der Waals surface area contributed by atoms with Gasteiger partial charge in [0.25, 0.3) is 0 Å². The van der Waals surface area contributed by atoms with Gasteiger partial charge in [0.15, 0.2) is 0 Å². The van der Waals surface area contributed by atoms with Crippen molar-refractivity contribution in [3.8, 4) is 0 Å². The number of hydrogen-bond donors (Lipinski definition) is 0. The van der Waals surface area contributed by atoms with Gasteiger partial charge in [-0.25, -0.2) is 0 Å². The molecule has 0 bridgehead atoms. The quantitative estimate of drug-likeness (QED) is 0.404. The van der Waals surface area contributed by atoms with E-state index in [-0.39, 0.29) is 17.0 Å². The molecule has 2 heteroatoms. The van der Waals surface area contributed by atoms with Gasteiger partial charge >= 0.3 is 0 Å². The molecule has 8 heavy (non-hydrogen) atoms. The van der Waals surface area contributed by atoms with Crippen LogP contribution in [0.3, 0.4) is 0 Å². The maximum absolute atomic E-state index is 2.26. The second kappa shape index (κ2) is 2.36. The summed E-state index contributed by atoms with van der Waals surface area (Å²) in [6.45, 7) is 0. The molecule has 0 aromatic heterocycles. The zero-order valence-corrected chi connectivity index (χ0v) is 7.40. The molecule has 0 heterocycles. The fourth-order valence-electron chi connectivity index (χ4n) is 0.849. The van der Waals surface area contributed by atoms with Crippen LogP contribution in [0.25, 0.3) is 0 Å². The molecule has 0 saturated heterocycles. The zero-order chi connectivity index (χ0) is 5.49. The van der Waals surface area contributed by atoms with Crippen LogP contribution in [-0.2, 0) is 0 Å². The van der Waals surface area contributed by atoms with Gasteiger partial charge in [0, 0.05) is 12.8 Å². The predicted molar refractivity (Wildman–Crippen MR) is 31.1 cm³/mol. The van der Waals surface area contributed by atoms with E-state index >= 15 is 0 Å². The normalized spacial score (nSPS) is 19.9. The van der Waals surface area contributed by atoms with E-state index in [2.05, 4.69) is 21.1 Å². The molecule has 0 N–H and O–H groups in total.